The Balaban J connectivity index is 4.23. The molecule has 0 aliphatic heterocycles. The third-order valence-electron chi connectivity index (χ3n) is 4.72. The molecule has 0 radical (unpaired) electrons. The molecule has 0 aromatic heterocycles. The van der Waals surface area contributed by atoms with Crippen LogP contribution in [0.5, 0.6) is 0 Å². The number of hydrogen-bond acceptors (Lipinski definition) is 5. The monoisotopic (exact) mass is 413 g/mol. The van der Waals surface area contributed by atoms with Gasteiger partial charge >= 0.3 is 11.9 Å². The minimum atomic E-state index is -0.468. The average Bonchev–Trinajstić information content (AvgIpc) is 2.62. The lowest BCUT2D eigenvalue weighted by Gasteiger charge is -2.25. The maximum absolute atomic E-state index is 12.2. The topological polar surface area (TPSA) is 55.8 Å². The fourth-order valence-corrected chi connectivity index (χ4v) is 3.18. The second kappa shape index (κ2) is 17.7. The van der Waals surface area contributed by atoms with Crippen molar-refractivity contribution in [2.45, 2.75) is 117 Å². The van der Waals surface area contributed by atoms with Gasteiger partial charge in [0.15, 0.2) is 0 Å². The third kappa shape index (κ3) is 20.0. The van der Waals surface area contributed by atoms with Crippen LogP contribution in [0.4, 0.5) is 0 Å². The predicted octanol–water partition coefficient (Wildman–Crippen LogP) is 5.89. The van der Waals surface area contributed by atoms with E-state index in [0.29, 0.717) is 26.0 Å². The molecule has 29 heavy (non-hydrogen) atoms. The van der Waals surface area contributed by atoms with E-state index in [1.165, 1.54) is 38.5 Å². The van der Waals surface area contributed by atoms with Crippen molar-refractivity contribution in [3.63, 3.8) is 0 Å². The third-order valence-corrected chi connectivity index (χ3v) is 4.72. The molecule has 0 unspecified atom stereocenters. The van der Waals surface area contributed by atoms with Crippen molar-refractivity contribution >= 4 is 11.9 Å². The lowest BCUT2D eigenvalue weighted by molar-refractivity contribution is -0.156. The number of carbonyl (C=O) groups excluding carboxylic acids is 2. The Labute approximate surface area is 179 Å². The van der Waals surface area contributed by atoms with Gasteiger partial charge in [0.1, 0.15) is 5.60 Å². The summed E-state index contributed by atoms with van der Waals surface area (Å²) in [5, 5.41) is 0. The Morgan fingerprint density at radius 3 is 1.90 bits per heavy atom. The van der Waals surface area contributed by atoms with Crippen molar-refractivity contribution in [1.82, 2.24) is 4.90 Å². The van der Waals surface area contributed by atoms with Gasteiger partial charge < -0.3 is 9.47 Å². The molecule has 0 aromatic rings. The summed E-state index contributed by atoms with van der Waals surface area (Å²) in [4.78, 5) is 26.2. The number of ether oxygens (including phenoxy) is 2. The Morgan fingerprint density at radius 2 is 1.28 bits per heavy atom. The normalized spacial score (nSPS) is 11.7. The van der Waals surface area contributed by atoms with Crippen LogP contribution in [-0.4, -0.2) is 48.7 Å². The summed E-state index contributed by atoms with van der Waals surface area (Å²) in [5.41, 5.74) is -0.468. The molecule has 0 spiro atoms. The van der Waals surface area contributed by atoms with Gasteiger partial charge in [-0.15, -0.1) is 0 Å². The van der Waals surface area contributed by atoms with Gasteiger partial charge in [0.05, 0.1) is 13.2 Å². The highest BCUT2D eigenvalue weighted by molar-refractivity contribution is 5.72. The van der Waals surface area contributed by atoms with E-state index in [0.717, 1.165) is 38.8 Å². The first-order chi connectivity index (χ1) is 13.8. The summed E-state index contributed by atoms with van der Waals surface area (Å²) >= 11 is 0. The van der Waals surface area contributed by atoms with Crippen LogP contribution in [0.15, 0.2) is 0 Å². The molecule has 0 saturated carbocycles. The smallest absolute Gasteiger partial charge is 0.320 e. The van der Waals surface area contributed by atoms with E-state index < -0.39 is 5.60 Å². The molecule has 0 atom stereocenters. The number of rotatable bonds is 18. The van der Waals surface area contributed by atoms with Crippen LogP contribution in [0.3, 0.4) is 0 Å². The minimum Gasteiger partial charge on any atom is -0.466 e. The van der Waals surface area contributed by atoms with Crippen molar-refractivity contribution in [1.29, 1.82) is 0 Å². The van der Waals surface area contributed by atoms with Crippen molar-refractivity contribution in [2.24, 2.45) is 0 Å². The molecular weight excluding hydrogens is 366 g/mol. The maximum atomic E-state index is 12.2. The fourth-order valence-electron chi connectivity index (χ4n) is 3.18. The molecule has 0 aliphatic carbocycles. The lowest BCUT2D eigenvalue weighted by Crippen LogP contribution is -2.36. The van der Waals surface area contributed by atoms with E-state index in [9.17, 15) is 9.59 Å². The van der Waals surface area contributed by atoms with E-state index in [-0.39, 0.29) is 11.9 Å². The highest BCUT2D eigenvalue weighted by Crippen LogP contribution is 2.11. The summed E-state index contributed by atoms with van der Waals surface area (Å²) in [6, 6.07) is 0. The number of nitrogens with zero attached hydrogens (tertiary/aromatic N) is 1. The van der Waals surface area contributed by atoms with E-state index in [4.69, 9.17) is 9.47 Å². The van der Waals surface area contributed by atoms with Crippen molar-refractivity contribution < 1.29 is 19.1 Å². The van der Waals surface area contributed by atoms with Crippen LogP contribution in [0, 0.1) is 0 Å². The first-order valence-corrected chi connectivity index (χ1v) is 11.9. The first kappa shape index (κ1) is 27.9. The Hall–Kier alpha value is -1.10. The minimum absolute atomic E-state index is 0.130. The standard InChI is InChI=1S/C24H47NO4/c1-6-8-10-11-12-13-14-18-25(21-23(27)29-24(3,4)5)19-16-17-22(26)28-20-15-9-7-2/h6-21H2,1-5H3. The van der Waals surface area contributed by atoms with Gasteiger partial charge in [0.2, 0.25) is 0 Å². The SMILES string of the molecule is CCCCCCCCCN(CCCC(=O)OCCCCC)CC(=O)OC(C)(C)C. The van der Waals surface area contributed by atoms with E-state index in [1.807, 2.05) is 20.8 Å². The number of carbonyl (C=O) groups is 2. The quantitative estimate of drug-likeness (QED) is 0.207. The fraction of sp³-hybridized carbons (Fsp3) is 0.917. The molecule has 5 nitrogen and oxygen atoms in total. The van der Waals surface area contributed by atoms with Gasteiger partial charge in [-0.1, -0.05) is 65.2 Å². The zero-order valence-electron chi connectivity index (χ0n) is 19.9. The van der Waals surface area contributed by atoms with Crippen molar-refractivity contribution in [2.75, 3.05) is 26.2 Å². The number of unbranched alkanes of at least 4 members (excludes halogenated alkanes) is 8. The van der Waals surface area contributed by atoms with Gasteiger partial charge in [0, 0.05) is 6.42 Å². The van der Waals surface area contributed by atoms with Gasteiger partial charge in [0.25, 0.3) is 0 Å². The van der Waals surface area contributed by atoms with Crippen LogP contribution >= 0.6 is 0 Å². The van der Waals surface area contributed by atoms with Gasteiger partial charge in [-0.25, -0.2) is 0 Å². The highest BCUT2D eigenvalue weighted by Gasteiger charge is 2.19. The molecule has 0 aromatic carbocycles. The van der Waals surface area contributed by atoms with Crippen LogP contribution in [0.1, 0.15) is 112 Å². The van der Waals surface area contributed by atoms with Gasteiger partial charge in [-0.2, -0.15) is 0 Å². The van der Waals surface area contributed by atoms with Crippen LogP contribution in [0.2, 0.25) is 0 Å². The lowest BCUT2D eigenvalue weighted by atomic mass is 10.1. The molecule has 0 fully saturated rings. The Bertz CT molecular complexity index is 418. The van der Waals surface area contributed by atoms with Gasteiger partial charge in [-0.05, 0) is 53.1 Å². The largest absolute Gasteiger partial charge is 0.466 e. The predicted molar refractivity (Wildman–Crippen MR) is 120 cm³/mol. The summed E-state index contributed by atoms with van der Waals surface area (Å²) in [7, 11) is 0. The molecule has 0 bridgehead atoms. The molecule has 0 amide bonds. The molecule has 0 aliphatic rings. The van der Waals surface area contributed by atoms with Gasteiger partial charge in [-0.3, -0.25) is 14.5 Å². The molecule has 0 rings (SSSR count). The second-order valence-corrected chi connectivity index (χ2v) is 9.02. The zero-order valence-corrected chi connectivity index (χ0v) is 19.9. The summed E-state index contributed by atoms with van der Waals surface area (Å²) < 4.78 is 10.7. The Morgan fingerprint density at radius 1 is 0.724 bits per heavy atom. The summed E-state index contributed by atoms with van der Waals surface area (Å²) in [6.45, 7) is 12.4. The van der Waals surface area contributed by atoms with Crippen LogP contribution < -0.4 is 0 Å². The molecule has 0 heterocycles. The maximum Gasteiger partial charge on any atom is 0.320 e. The molecule has 172 valence electrons. The van der Waals surface area contributed by atoms with E-state index in [1.54, 1.807) is 0 Å². The van der Waals surface area contributed by atoms with E-state index in [2.05, 4.69) is 18.7 Å². The van der Waals surface area contributed by atoms with Crippen molar-refractivity contribution in [3.05, 3.63) is 0 Å². The summed E-state index contributed by atoms with van der Waals surface area (Å²) in [5.74, 6) is -0.322. The molecule has 0 N–H and O–H groups in total. The average molecular weight is 414 g/mol. The molecular formula is C24H47NO4. The number of hydrogen-bond donors (Lipinski definition) is 0. The highest BCUT2D eigenvalue weighted by atomic mass is 16.6. The van der Waals surface area contributed by atoms with E-state index >= 15 is 0 Å². The van der Waals surface area contributed by atoms with Crippen LogP contribution in [0.25, 0.3) is 0 Å². The first-order valence-electron chi connectivity index (χ1n) is 11.9. The Kier molecular flexibility index (Phi) is 17.1. The van der Waals surface area contributed by atoms with Crippen molar-refractivity contribution in [3.8, 4) is 0 Å². The zero-order chi connectivity index (χ0) is 22.0. The molecule has 0 saturated heterocycles. The van der Waals surface area contributed by atoms with Crippen LogP contribution in [-0.2, 0) is 19.1 Å². The molecule has 5 heteroatoms. The second-order valence-electron chi connectivity index (χ2n) is 9.02. The summed E-state index contributed by atoms with van der Waals surface area (Å²) in [6.07, 6.45) is 13.0. The number of esters is 2.